The molecule has 0 aromatic heterocycles. The van der Waals surface area contributed by atoms with Crippen molar-refractivity contribution in [1.29, 1.82) is 0 Å². The molecule has 28 heavy (non-hydrogen) atoms. The van der Waals surface area contributed by atoms with Gasteiger partial charge in [-0.3, -0.25) is 4.79 Å². The van der Waals surface area contributed by atoms with Crippen LogP contribution in [0.1, 0.15) is 5.56 Å². The van der Waals surface area contributed by atoms with E-state index in [-0.39, 0.29) is 12.5 Å². The van der Waals surface area contributed by atoms with Crippen molar-refractivity contribution in [2.75, 3.05) is 13.7 Å². The van der Waals surface area contributed by atoms with Crippen LogP contribution >= 0.6 is 15.9 Å². The SMILES string of the molecule is COc1ccccc1/C=N/NC(=O)COc1ccc(-c2ccccc2)cc1Br. The summed E-state index contributed by atoms with van der Waals surface area (Å²) in [7, 11) is 1.58. The topological polar surface area (TPSA) is 59.9 Å². The van der Waals surface area contributed by atoms with Gasteiger partial charge in [0.05, 0.1) is 17.8 Å². The lowest BCUT2D eigenvalue weighted by Crippen LogP contribution is -2.24. The van der Waals surface area contributed by atoms with Crippen LogP contribution in [-0.4, -0.2) is 25.8 Å². The van der Waals surface area contributed by atoms with Crippen molar-refractivity contribution >= 4 is 28.1 Å². The van der Waals surface area contributed by atoms with Gasteiger partial charge in [0.25, 0.3) is 5.91 Å². The van der Waals surface area contributed by atoms with Gasteiger partial charge >= 0.3 is 0 Å². The van der Waals surface area contributed by atoms with Crippen molar-refractivity contribution in [2.45, 2.75) is 0 Å². The molecule has 5 nitrogen and oxygen atoms in total. The van der Waals surface area contributed by atoms with Crippen molar-refractivity contribution < 1.29 is 14.3 Å². The molecule has 0 atom stereocenters. The molecule has 3 rings (SSSR count). The molecule has 0 spiro atoms. The van der Waals surface area contributed by atoms with Crippen LogP contribution in [0.2, 0.25) is 0 Å². The first-order valence-corrected chi connectivity index (χ1v) is 9.39. The van der Waals surface area contributed by atoms with Crippen LogP contribution in [0.15, 0.2) is 82.4 Å². The second-order valence-corrected chi connectivity index (χ2v) is 6.69. The number of amides is 1. The number of rotatable bonds is 7. The molecule has 0 saturated heterocycles. The summed E-state index contributed by atoms with van der Waals surface area (Å²) in [5.74, 6) is 0.910. The summed E-state index contributed by atoms with van der Waals surface area (Å²) < 4.78 is 11.6. The lowest BCUT2D eigenvalue weighted by Gasteiger charge is -2.09. The maximum atomic E-state index is 12.0. The van der Waals surface area contributed by atoms with Gasteiger partial charge in [0.1, 0.15) is 11.5 Å². The van der Waals surface area contributed by atoms with Crippen LogP contribution in [-0.2, 0) is 4.79 Å². The maximum absolute atomic E-state index is 12.0. The molecule has 1 amide bonds. The van der Waals surface area contributed by atoms with Crippen LogP contribution in [0.25, 0.3) is 11.1 Å². The third-order valence-electron chi connectivity index (χ3n) is 3.93. The number of nitrogens with zero attached hydrogens (tertiary/aromatic N) is 1. The van der Waals surface area contributed by atoms with Crippen LogP contribution < -0.4 is 14.9 Å². The van der Waals surface area contributed by atoms with E-state index in [2.05, 4.69) is 26.5 Å². The van der Waals surface area contributed by atoms with Crippen molar-refractivity contribution in [3.8, 4) is 22.6 Å². The van der Waals surface area contributed by atoms with E-state index in [1.807, 2.05) is 72.8 Å². The van der Waals surface area contributed by atoms with E-state index in [1.54, 1.807) is 7.11 Å². The maximum Gasteiger partial charge on any atom is 0.277 e. The second kappa shape index (κ2) is 9.71. The van der Waals surface area contributed by atoms with E-state index >= 15 is 0 Å². The normalized spacial score (nSPS) is 10.6. The molecule has 0 bridgehead atoms. The standard InChI is InChI=1S/C22H19BrN2O3/c1-27-20-10-6-5-9-18(20)14-24-25-22(26)15-28-21-12-11-17(13-19(21)23)16-7-3-2-4-8-16/h2-14H,15H2,1H3,(H,25,26)/b24-14+. The van der Waals surface area contributed by atoms with Gasteiger partial charge in [-0.05, 0) is 51.3 Å². The molecule has 0 fully saturated rings. The second-order valence-electron chi connectivity index (χ2n) is 5.84. The first-order valence-electron chi connectivity index (χ1n) is 8.60. The molecule has 0 heterocycles. The van der Waals surface area contributed by atoms with E-state index in [4.69, 9.17) is 9.47 Å². The van der Waals surface area contributed by atoms with Crippen LogP contribution in [0.4, 0.5) is 0 Å². The summed E-state index contributed by atoms with van der Waals surface area (Å²) in [5, 5.41) is 3.94. The Hall–Kier alpha value is -3.12. The van der Waals surface area contributed by atoms with Crippen LogP contribution in [0, 0.1) is 0 Å². The minimum atomic E-state index is -0.356. The Bertz CT molecular complexity index is 975. The van der Waals surface area contributed by atoms with Crippen molar-refractivity contribution in [1.82, 2.24) is 5.43 Å². The van der Waals surface area contributed by atoms with Crippen LogP contribution in [0.3, 0.4) is 0 Å². The molecule has 1 N–H and O–H groups in total. The Balaban J connectivity index is 1.55. The number of ether oxygens (including phenoxy) is 2. The summed E-state index contributed by atoms with van der Waals surface area (Å²) >= 11 is 3.49. The van der Waals surface area contributed by atoms with E-state index in [0.29, 0.717) is 11.5 Å². The number of methoxy groups -OCH3 is 1. The first kappa shape index (κ1) is 19.6. The molecular weight excluding hydrogens is 420 g/mol. The third kappa shape index (κ3) is 5.20. The van der Waals surface area contributed by atoms with Gasteiger partial charge in [0.15, 0.2) is 6.61 Å². The molecule has 0 unspecified atom stereocenters. The van der Waals surface area contributed by atoms with Gasteiger partial charge in [-0.2, -0.15) is 5.10 Å². The Morgan fingerprint density at radius 3 is 2.50 bits per heavy atom. The van der Waals surface area contributed by atoms with E-state index in [0.717, 1.165) is 21.2 Å². The molecule has 0 saturated carbocycles. The minimum absolute atomic E-state index is 0.146. The molecule has 0 aliphatic rings. The third-order valence-corrected chi connectivity index (χ3v) is 4.55. The molecule has 0 aliphatic carbocycles. The highest BCUT2D eigenvalue weighted by Gasteiger charge is 2.07. The van der Waals surface area contributed by atoms with E-state index < -0.39 is 0 Å². The van der Waals surface area contributed by atoms with E-state index in [1.165, 1.54) is 6.21 Å². The number of nitrogens with one attached hydrogen (secondary N) is 1. The molecule has 0 aliphatic heterocycles. The van der Waals surface area contributed by atoms with Gasteiger partial charge in [0.2, 0.25) is 0 Å². The average Bonchev–Trinajstić information content (AvgIpc) is 2.74. The fraction of sp³-hybridized carbons (Fsp3) is 0.0909. The molecular formula is C22H19BrN2O3. The number of hydrogen-bond acceptors (Lipinski definition) is 4. The zero-order valence-corrected chi connectivity index (χ0v) is 16.8. The molecule has 3 aromatic carbocycles. The van der Waals surface area contributed by atoms with Crippen molar-refractivity contribution in [3.05, 3.63) is 82.8 Å². The predicted molar refractivity (Wildman–Crippen MR) is 114 cm³/mol. The molecule has 6 heteroatoms. The number of halogens is 1. The number of para-hydroxylation sites is 1. The Morgan fingerprint density at radius 1 is 1.00 bits per heavy atom. The first-order chi connectivity index (χ1) is 13.7. The average molecular weight is 439 g/mol. The summed E-state index contributed by atoms with van der Waals surface area (Å²) in [6, 6.07) is 23.2. The zero-order valence-electron chi connectivity index (χ0n) is 15.3. The highest BCUT2D eigenvalue weighted by atomic mass is 79.9. The van der Waals surface area contributed by atoms with Crippen molar-refractivity contribution in [2.24, 2.45) is 5.10 Å². The number of carbonyl (C=O) groups excluding carboxylic acids is 1. The van der Waals surface area contributed by atoms with Gasteiger partial charge in [-0.1, -0.05) is 48.5 Å². The fourth-order valence-electron chi connectivity index (χ4n) is 2.55. The minimum Gasteiger partial charge on any atom is -0.496 e. The fourth-order valence-corrected chi connectivity index (χ4v) is 3.04. The number of hydrogen-bond donors (Lipinski definition) is 1. The monoisotopic (exact) mass is 438 g/mol. The molecule has 142 valence electrons. The lowest BCUT2D eigenvalue weighted by molar-refractivity contribution is -0.123. The van der Waals surface area contributed by atoms with Crippen LogP contribution in [0.5, 0.6) is 11.5 Å². The Kier molecular flexibility index (Phi) is 6.81. The summed E-state index contributed by atoms with van der Waals surface area (Å²) in [5.41, 5.74) is 5.38. The summed E-state index contributed by atoms with van der Waals surface area (Å²) in [6.07, 6.45) is 1.53. The molecule has 3 aromatic rings. The highest BCUT2D eigenvalue weighted by molar-refractivity contribution is 9.10. The number of carbonyl (C=O) groups is 1. The molecule has 0 radical (unpaired) electrons. The van der Waals surface area contributed by atoms with Gasteiger partial charge < -0.3 is 9.47 Å². The Morgan fingerprint density at radius 2 is 1.75 bits per heavy atom. The summed E-state index contributed by atoms with van der Waals surface area (Å²) in [6.45, 7) is -0.146. The van der Waals surface area contributed by atoms with Crippen molar-refractivity contribution in [3.63, 3.8) is 0 Å². The van der Waals surface area contributed by atoms with Gasteiger partial charge in [0, 0.05) is 5.56 Å². The van der Waals surface area contributed by atoms with Gasteiger partial charge in [-0.15, -0.1) is 0 Å². The van der Waals surface area contributed by atoms with Gasteiger partial charge in [-0.25, -0.2) is 5.43 Å². The summed E-state index contributed by atoms with van der Waals surface area (Å²) in [4.78, 5) is 12.0. The van der Waals surface area contributed by atoms with E-state index in [9.17, 15) is 4.79 Å². The number of benzene rings is 3. The highest BCUT2D eigenvalue weighted by Crippen LogP contribution is 2.30. The Labute approximate surface area is 172 Å². The smallest absolute Gasteiger partial charge is 0.277 e. The predicted octanol–water partition coefficient (Wildman–Crippen LogP) is 4.65. The lowest BCUT2D eigenvalue weighted by atomic mass is 10.1. The zero-order chi connectivity index (χ0) is 19.8. The number of hydrazone groups is 1. The largest absolute Gasteiger partial charge is 0.496 e. The quantitative estimate of drug-likeness (QED) is 0.431.